The first-order valence-electron chi connectivity index (χ1n) is 9.53. The minimum Gasteiger partial charge on any atom is -0.490 e. The highest BCUT2D eigenvalue weighted by atomic mass is 32.2. The lowest BCUT2D eigenvalue weighted by Crippen LogP contribution is -2.21. The summed E-state index contributed by atoms with van der Waals surface area (Å²) in [5.41, 5.74) is -2.80. The topological polar surface area (TPSA) is 114 Å². The number of nitrogens with zero attached hydrogens (tertiary/aromatic N) is 2. The normalized spacial score (nSPS) is 13.1. The van der Waals surface area contributed by atoms with Crippen LogP contribution in [0.2, 0.25) is 0 Å². The number of carbonyl (C=O) groups excluding carboxylic acids is 1. The molecular weight excluding hydrogens is 499 g/mol. The Morgan fingerprint density at radius 3 is 2.43 bits per heavy atom. The highest BCUT2D eigenvalue weighted by Crippen LogP contribution is 2.38. The van der Waals surface area contributed by atoms with Gasteiger partial charge in [0.15, 0.2) is 17.3 Å². The maximum atomic E-state index is 14.1. The van der Waals surface area contributed by atoms with Crippen molar-refractivity contribution in [2.24, 2.45) is 0 Å². The first kappa shape index (κ1) is 25.8. The van der Waals surface area contributed by atoms with Crippen LogP contribution in [0.1, 0.15) is 21.6 Å². The second-order valence-corrected chi connectivity index (χ2v) is 9.33. The first-order valence-corrected chi connectivity index (χ1v) is 11.5. The molecule has 0 bridgehead atoms. The summed E-state index contributed by atoms with van der Waals surface area (Å²) >= 11 is 0. The van der Waals surface area contributed by atoms with Crippen LogP contribution in [0, 0.1) is 23.3 Å². The summed E-state index contributed by atoms with van der Waals surface area (Å²) in [5.74, 6) is -5.75. The number of hydrogen-bond donors (Lipinski definition) is 2. The predicted molar refractivity (Wildman–Crippen MR) is 114 cm³/mol. The number of aromatic nitrogens is 2. The quantitative estimate of drug-likeness (QED) is 0.437. The van der Waals surface area contributed by atoms with Crippen LogP contribution in [0.25, 0.3) is 0 Å². The Balaban J connectivity index is 2.12. The lowest BCUT2D eigenvalue weighted by Gasteiger charge is -2.17. The SMILES string of the molecule is COc1c(Oc2nnc(C(F)(F)F)c(C)c2C(=O)Nc2cccc([S@@](C)(=N)=O)c2)ccc(F)c1F. The van der Waals surface area contributed by atoms with Gasteiger partial charge in [-0.05, 0) is 42.8 Å². The Labute approximate surface area is 196 Å². The monoisotopic (exact) mass is 516 g/mol. The van der Waals surface area contributed by atoms with Gasteiger partial charge in [0.25, 0.3) is 11.8 Å². The molecule has 0 saturated heterocycles. The Morgan fingerprint density at radius 1 is 1.14 bits per heavy atom. The Morgan fingerprint density at radius 2 is 1.83 bits per heavy atom. The van der Waals surface area contributed by atoms with Crippen LogP contribution in [0.3, 0.4) is 0 Å². The number of amides is 1. The van der Waals surface area contributed by atoms with Gasteiger partial charge in [0.2, 0.25) is 11.6 Å². The fourth-order valence-electron chi connectivity index (χ4n) is 3.01. The third kappa shape index (κ3) is 5.48. The van der Waals surface area contributed by atoms with Gasteiger partial charge in [-0.25, -0.2) is 13.4 Å². The number of benzene rings is 2. The molecule has 1 atom stereocenters. The maximum absolute atomic E-state index is 14.1. The summed E-state index contributed by atoms with van der Waals surface area (Å²) in [6.07, 6.45) is -3.81. The van der Waals surface area contributed by atoms with Crippen molar-refractivity contribution in [1.82, 2.24) is 10.2 Å². The molecule has 8 nitrogen and oxygen atoms in total. The molecule has 3 aromatic rings. The van der Waals surface area contributed by atoms with E-state index in [2.05, 4.69) is 15.5 Å². The van der Waals surface area contributed by atoms with Gasteiger partial charge < -0.3 is 14.8 Å². The average molecular weight is 516 g/mol. The van der Waals surface area contributed by atoms with Crippen molar-refractivity contribution in [3.63, 3.8) is 0 Å². The van der Waals surface area contributed by atoms with Gasteiger partial charge in [-0.15, -0.1) is 10.2 Å². The van der Waals surface area contributed by atoms with Gasteiger partial charge in [0.05, 0.1) is 16.8 Å². The summed E-state index contributed by atoms with van der Waals surface area (Å²) in [7, 11) is -2.14. The molecule has 0 unspecified atom stereocenters. The van der Waals surface area contributed by atoms with E-state index < -0.39 is 67.6 Å². The number of halogens is 5. The zero-order valence-corrected chi connectivity index (χ0v) is 19.1. The molecule has 1 aromatic heterocycles. The van der Waals surface area contributed by atoms with Crippen molar-refractivity contribution in [1.29, 1.82) is 4.78 Å². The number of anilines is 1. The zero-order chi connectivity index (χ0) is 26.1. The molecule has 3 rings (SSSR count). The molecule has 1 heterocycles. The first-order chi connectivity index (χ1) is 16.2. The van der Waals surface area contributed by atoms with Crippen molar-refractivity contribution in [3.8, 4) is 17.4 Å². The Bertz CT molecular complexity index is 1410. The van der Waals surface area contributed by atoms with E-state index in [1.807, 2.05) is 0 Å². The number of alkyl halides is 3. The number of ether oxygens (including phenoxy) is 2. The third-order valence-corrected chi connectivity index (χ3v) is 5.80. The lowest BCUT2D eigenvalue weighted by atomic mass is 10.1. The van der Waals surface area contributed by atoms with Crippen molar-refractivity contribution < 1.29 is 40.4 Å². The molecular formula is C21H17F5N4O4S. The fourth-order valence-corrected chi connectivity index (χ4v) is 3.70. The van der Waals surface area contributed by atoms with Crippen LogP contribution >= 0.6 is 0 Å². The highest BCUT2D eigenvalue weighted by Gasteiger charge is 2.38. The van der Waals surface area contributed by atoms with Crippen LogP contribution in [0.5, 0.6) is 17.4 Å². The van der Waals surface area contributed by atoms with E-state index in [0.29, 0.717) is 6.07 Å². The smallest absolute Gasteiger partial charge is 0.435 e. The summed E-state index contributed by atoms with van der Waals surface area (Å²) < 4.78 is 97.7. The van der Waals surface area contributed by atoms with Crippen molar-refractivity contribution >= 4 is 21.3 Å². The molecule has 0 fully saturated rings. The van der Waals surface area contributed by atoms with Gasteiger partial charge >= 0.3 is 6.18 Å². The second-order valence-electron chi connectivity index (χ2n) is 7.17. The van der Waals surface area contributed by atoms with E-state index >= 15 is 0 Å². The summed E-state index contributed by atoms with van der Waals surface area (Å²) in [6.45, 7) is 0.959. The molecule has 0 saturated carbocycles. The van der Waals surface area contributed by atoms with Crippen LogP contribution < -0.4 is 14.8 Å². The molecule has 14 heteroatoms. The van der Waals surface area contributed by atoms with Gasteiger partial charge in [0.1, 0.15) is 5.56 Å². The van der Waals surface area contributed by atoms with Crippen LogP contribution in [0.4, 0.5) is 27.6 Å². The average Bonchev–Trinajstić information content (AvgIpc) is 2.75. The zero-order valence-electron chi connectivity index (χ0n) is 18.3. The van der Waals surface area contributed by atoms with Gasteiger partial charge in [-0.1, -0.05) is 6.07 Å². The number of carbonyl (C=O) groups is 1. The summed E-state index contributed by atoms with van der Waals surface area (Å²) in [5, 5.41) is 8.77. The summed E-state index contributed by atoms with van der Waals surface area (Å²) in [6, 6.07) is 6.98. The van der Waals surface area contributed by atoms with E-state index in [-0.39, 0.29) is 10.6 Å². The Kier molecular flexibility index (Phi) is 6.96. The van der Waals surface area contributed by atoms with Crippen LogP contribution in [0.15, 0.2) is 41.3 Å². The van der Waals surface area contributed by atoms with Crippen molar-refractivity contribution in [3.05, 3.63) is 64.9 Å². The van der Waals surface area contributed by atoms with Crippen LogP contribution in [-0.2, 0) is 15.9 Å². The maximum Gasteiger partial charge on any atom is 0.435 e. The lowest BCUT2D eigenvalue weighted by molar-refractivity contribution is -0.142. The number of methoxy groups -OCH3 is 1. The molecule has 186 valence electrons. The molecule has 2 aromatic carbocycles. The largest absolute Gasteiger partial charge is 0.490 e. The van der Waals surface area contributed by atoms with Gasteiger partial charge in [0, 0.05) is 16.8 Å². The molecule has 2 N–H and O–H groups in total. The van der Waals surface area contributed by atoms with Gasteiger partial charge in [-0.3, -0.25) is 4.79 Å². The van der Waals surface area contributed by atoms with Crippen LogP contribution in [-0.4, -0.2) is 33.7 Å². The molecule has 0 spiro atoms. The Hall–Kier alpha value is -3.81. The molecule has 0 aliphatic heterocycles. The van der Waals surface area contributed by atoms with E-state index in [4.69, 9.17) is 14.3 Å². The molecule has 0 aliphatic rings. The van der Waals surface area contributed by atoms with Gasteiger partial charge in [-0.2, -0.15) is 17.6 Å². The molecule has 0 radical (unpaired) electrons. The van der Waals surface area contributed by atoms with E-state index in [1.165, 1.54) is 24.3 Å². The third-order valence-electron chi connectivity index (χ3n) is 4.65. The number of hydrogen-bond acceptors (Lipinski definition) is 7. The minimum atomic E-state index is -4.97. The molecule has 0 aliphatic carbocycles. The highest BCUT2D eigenvalue weighted by molar-refractivity contribution is 7.91. The van der Waals surface area contributed by atoms with Crippen molar-refractivity contribution in [2.45, 2.75) is 18.0 Å². The van der Waals surface area contributed by atoms with E-state index in [1.54, 1.807) is 0 Å². The van der Waals surface area contributed by atoms with Crippen molar-refractivity contribution in [2.75, 3.05) is 18.7 Å². The summed E-state index contributed by atoms with van der Waals surface area (Å²) in [4.78, 5) is 13.1. The predicted octanol–water partition coefficient (Wildman–Crippen LogP) is 5.17. The number of nitrogens with one attached hydrogen (secondary N) is 2. The van der Waals surface area contributed by atoms with E-state index in [9.17, 15) is 31.0 Å². The molecule has 35 heavy (non-hydrogen) atoms. The minimum absolute atomic E-state index is 0.0236. The fraction of sp³-hybridized carbons (Fsp3) is 0.190. The standard InChI is InChI=1S/C21H17F5N4O4S/c1-10-15(19(31)28-11-5-4-6-12(9-11)35(3,27)32)20(30-29-18(10)21(24,25)26)34-14-8-7-13(22)16(23)17(14)33-2/h4-9,27H,1-3H3,(H,28,31)/t35-/m0/s1. The number of rotatable bonds is 6. The van der Waals surface area contributed by atoms with E-state index in [0.717, 1.165) is 26.4 Å². The molecule has 1 amide bonds. The second kappa shape index (κ2) is 9.44.